The number of aliphatic imine (C=N–C) groups is 1. The number of phenols is 1. The minimum Gasteiger partial charge on any atom is -0.504 e. The van der Waals surface area contributed by atoms with E-state index in [9.17, 15) is 20.4 Å². The number of benzene rings is 1. The van der Waals surface area contributed by atoms with Gasteiger partial charge in [-0.15, -0.1) is 4.99 Å². The second-order valence-electron chi connectivity index (χ2n) is 15.9. The van der Waals surface area contributed by atoms with Gasteiger partial charge >= 0.3 is 0 Å². The third-order valence-electron chi connectivity index (χ3n) is 11.9. The van der Waals surface area contributed by atoms with Crippen LogP contribution in [0.1, 0.15) is 116 Å². The van der Waals surface area contributed by atoms with Crippen molar-refractivity contribution in [2.45, 2.75) is 135 Å². The van der Waals surface area contributed by atoms with Crippen molar-refractivity contribution < 1.29 is 29.9 Å². The second kappa shape index (κ2) is 20.8. The van der Waals surface area contributed by atoms with Gasteiger partial charge in [-0.1, -0.05) is 83.3 Å². The number of aromatic hydroxyl groups is 1. The van der Waals surface area contributed by atoms with E-state index in [1.165, 1.54) is 56.9 Å². The maximum absolute atomic E-state index is 11.2. The van der Waals surface area contributed by atoms with Crippen molar-refractivity contribution in [3.63, 3.8) is 0 Å². The molecule has 0 radical (unpaired) electrons. The van der Waals surface area contributed by atoms with E-state index in [1.54, 1.807) is 13.0 Å². The highest BCUT2D eigenvalue weighted by Gasteiger charge is 2.47. The van der Waals surface area contributed by atoms with Crippen molar-refractivity contribution in [2.24, 2.45) is 34.4 Å². The fourth-order valence-corrected chi connectivity index (χ4v) is 8.98. The Hall–Kier alpha value is -2.53. The summed E-state index contributed by atoms with van der Waals surface area (Å²) >= 11 is 0. The molecule has 4 aliphatic rings. The Kier molecular flexibility index (Phi) is 16.3. The average Bonchev–Trinajstić information content (AvgIpc) is 3.87. The number of aliphatic hydroxyl groups is 3. The van der Waals surface area contributed by atoms with E-state index in [4.69, 9.17) is 20.2 Å². The molecule has 2 saturated carbocycles. The molecule has 1 aromatic rings. The molecule has 7 N–H and O–H groups in total. The summed E-state index contributed by atoms with van der Waals surface area (Å²) in [6, 6.07) is 5.98. The summed E-state index contributed by atoms with van der Waals surface area (Å²) in [5.74, 6) is 2.71. The van der Waals surface area contributed by atoms with Gasteiger partial charge in [0.2, 0.25) is 0 Å². The van der Waals surface area contributed by atoms with Crippen LogP contribution < -0.4 is 15.8 Å². The number of hydrogen-bond donors (Lipinski definition) is 6. The molecule has 290 valence electrons. The maximum Gasteiger partial charge on any atom is 0.189 e. The van der Waals surface area contributed by atoms with Crippen LogP contribution in [0, 0.1) is 35.8 Å². The number of fused-ring (bicyclic) bond motifs is 2. The summed E-state index contributed by atoms with van der Waals surface area (Å²) < 4.78 is 12.3. The highest BCUT2D eigenvalue weighted by atomic mass is 16.5. The number of aliphatic hydroxyl groups excluding tert-OH is 3. The summed E-state index contributed by atoms with van der Waals surface area (Å²) in [4.78, 5) is 4.91. The second-order valence-corrected chi connectivity index (χ2v) is 15.9. The topological polar surface area (TPSA) is 150 Å². The molecule has 7 atom stereocenters. The number of nitrogens with zero attached hydrogens (tertiary/aromatic N) is 1. The summed E-state index contributed by atoms with van der Waals surface area (Å²) in [6.07, 6.45) is 21.3. The van der Waals surface area contributed by atoms with E-state index >= 15 is 0 Å². The third-order valence-corrected chi connectivity index (χ3v) is 11.9. The fourth-order valence-electron chi connectivity index (χ4n) is 8.98. The van der Waals surface area contributed by atoms with Gasteiger partial charge in [0.05, 0.1) is 18.1 Å². The molecular weight excluding hydrogens is 654 g/mol. The van der Waals surface area contributed by atoms with Gasteiger partial charge < -0.3 is 41.0 Å². The molecule has 0 bridgehead atoms. The van der Waals surface area contributed by atoms with Crippen LogP contribution in [0.5, 0.6) is 11.5 Å². The number of nitrogens with two attached hydrogens (primary N) is 1. The number of nitrogens with one attached hydrogen (secondary N) is 1. The van der Waals surface area contributed by atoms with Crippen molar-refractivity contribution >= 4 is 5.71 Å². The quantitative estimate of drug-likeness (QED) is 0.0538. The number of unbranched alkanes of at least 4 members (excludes halogenated alkanes) is 3. The van der Waals surface area contributed by atoms with Gasteiger partial charge in [-0.25, -0.2) is 0 Å². The maximum atomic E-state index is 11.2. The first-order chi connectivity index (χ1) is 25.3. The average molecular weight is 722 g/mol. The summed E-state index contributed by atoms with van der Waals surface area (Å²) in [7, 11) is 0. The van der Waals surface area contributed by atoms with Gasteiger partial charge in [0.15, 0.2) is 29.4 Å². The van der Waals surface area contributed by atoms with Crippen molar-refractivity contribution in [1.29, 1.82) is 0 Å². The smallest absolute Gasteiger partial charge is 0.189 e. The minimum absolute atomic E-state index is 0.00334. The van der Waals surface area contributed by atoms with E-state index in [-0.39, 0.29) is 25.1 Å². The Morgan fingerprint density at radius 3 is 2.71 bits per heavy atom. The molecular formula is C43H67N3O6. The van der Waals surface area contributed by atoms with Crippen LogP contribution in [0.3, 0.4) is 0 Å². The first kappa shape index (κ1) is 40.7. The molecule has 2 fully saturated rings. The van der Waals surface area contributed by atoms with Gasteiger partial charge in [-0.2, -0.15) is 11.6 Å². The zero-order chi connectivity index (χ0) is 36.9. The first-order valence-electron chi connectivity index (χ1n) is 20.5. The fraction of sp³-hybridized carbons (Fsp3) is 0.698. The molecule has 0 saturated heterocycles. The number of rotatable bonds is 23. The predicted molar refractivity (Wildman–Crippen MR) is 208 cm³/mol. The van der Waals surface area contributed by atoms with Gasteiger partial charge in [-0.3, -0.25) is 0 Å². The molecule has 52 heavy (non-hydrogen) atoms. The Labute approximate surface area is 313 Å². The van der Waals surface area contributed by atoms with Crippen LogP contribution in [0.15, 0.2) is 46.5 Å². The molecule has 9 heteroatoms. The molecule has 0 spiro atoms. The predicted octanol–water partition coefficient (Wildman–Crippen LogP) is 6.73. The van der Waals surface area contributed by atoms with Crippen LogP contribution in [-0.2, 0) is 11.2 Å². The zero-order valence-corrected chi connectivity index (χ0v) is 31.9. The molecule has 7 unspecified atom stereocenters. The molecule has 0 amide bonds. The van der Waals surface area contributed by atoms with E-state index in [1.807, 2.05) is 18.2 Å². The van der Waals surface area contributed by atoms with E-state index in [2.05, 4.69) is 18.3 Å². The Bertz CT molecular complexity index is 1330. The van der Waals surface area contributed by atoms with Crippen LogP contribution in [-0.4, -0.2) is 77.3 Å². The SMILES string of the molecule is CCCCCC(CCN)CCCCC1O[C-](CCc2ccc(O)c(OCC(O)[C+]3C=C4C(=N3)CCC3CCCC3C4CNCC(C)O)c2)C=C1CO. The molecule has 9 nitrogen and oxygen atoms in total. The molecule has 5 rings (SSSR count). The number of hydrogen-bond acceptors (Lipinski definition) is 9. The van der Waals surface area contributed by atoms with E-state index in [0.717, 1.165) is 74.6 Å². The van der Waals surface area contributed by atoms with Crippen LogP contribution in [0.25, 0.3) is 0 Å². The highest BCUT2D eigenvalue weighted by Crippen LogP contribution is 2.47. The van der Waals surface area contributed by atoms with Gasteiger partial charge in [-0.05, 0) is 81.0 Å². The first-order valence-corrected chi connectivity index (χ1v) is 20.5. The van der Waals surface area contributed by atoms with Crippen molar-refractivity contribution in [1.82, 2.24) is 5.32 Å². The van der Waals surface area contributed by atoms with E-state index < -0.39 is 12.2 Å². The lowest BCUT2D eigenvalue weighted by atomic mass is 9.80. The Morgan fingerprint density at radius 2 is 1.94 bits per heavy atom. The molecule has 2 aliphatic carbocycles. The summed E-state index contributed by atoms with van der Waals surface area (Å²) in [5, 5.41) is 45.1. The summed E-state index contributed by atoms with van der Waals surface area (Å²) in [5.41, 5.74) is 10.1. The number of phenolic OH excluding ortho intramolecular Hbond substituents is 1. The highest BCUT2D eigenvalue weighted by molar-refractivity contribution is 6.04. The zero-order valence-electron chi connectivity index (χ0n) is 31.9. The van der Waals surface area contributed by atoms with Crippen LogP contribution in [0.4, 0.5) is 0 Å². The van der Waals surface area contributed by atoms with Gasteiger partial charge in [0.25, 0.3) is 0 Å². The Balaban J connectivity index is 1.09. The lowest BCUT2D eigenvalue weighted by molar-refractivity contribution is 0.102. The Morgan fingerprint density at radius 1 is 1.12 bits per heavy atom. The van der Waals surface area contributed by atoms with E-state index in [0.29, 0.717) is 54.8 Å². The van der Waals surface area contributed by atoms with Crippen molar-refractivity contribution in [3.05, 3.63) is 59.2 Å². The minimum atomic E-state index is -0.922. The monoisotopic (exact) mass is 722 g/mol. The molecule has 2 heterocycles. The van der Waals surface area contributed by atoms with Crippen LogP contribution in [0.2, 0.25) is 0 Å². The lowest BCUT2D eigenvalue weighted by Crippen LogP contribution is -2.34. The largest absolute Gasteiger partial charge is 0.504 e. The number of ether oxygens (including phenoxy) is 2. The summed E-state index contributed by atoms with van der Waals surface area (Å²) in [6.45, 7) is 6.16. The molecule has 2 aliphatic heterocycles. The third kappa shape index (κ3) is 11.5. The van der Waals surface area contributed by atoms with Crippen LogP contribution >= 0.6 is 0 Å². The normalized spacial score (nSPS) is 24.5. The van der Waals surface area contributed by atoms with Crippen molar-refractivity contribution in [3.8, 4) is 11.5 Å². The number of aryl methyl sites for hydroxylation is 1. The van der Waals surface area contributed by atoms with Gasteiger partial charge in [0.1, 0.15) is 12.2 Å². The molecule has 0 aromatic heterocycles. The lowest BCUT2D eigenvalue weighted by Gasteiger charge is -2.25. The standard InChI is InChI=1S/C43H67N3O6/c1-3-4-5-9-30(20-21-44)10-6-7-13-42-33(27-47)23-34(52-42)17-14-31-15-19-40(49)43(22-31)51-28-41(50)39-24-36-37(26-45-25-29(2)48)35-12-8-11-32(35)16-18-38(36)46-39/h15,19,22-24,29-30,32,35,37,41-42,45,47-50H,3-14,16-18,20-21,25-28,44H2,1-2H3. The molecule has 1 aromatic carbocycles. The van der Waals surface area contributed by atoms with Crippen molar-refractivity contribution in [2.75, 3.05) is 32.8 Å². The van der Waals surface area contributed by atoms with Gasteiger partial charge in [0, 0.05) is 32.2 Å².